The van der Waals surface area contributed by atoms with Gasteiger partial charge in [0.2, 0.25) is 5.91 Å². The Morgan fingerprint density at radius 1 is 1.33 bits per heavy atom. The molecule has 1 aliphatic heterocycles. The molecule has 2 N–H and O–H groups in total. The lowest BCUT2D eigenvalue weighted by molar-refractivity contribution is -0.136. The molecule has 18 heavy (non-hydrogen) atoms. The summed E-state index contributed by atoms with van der Waals surface area (Å²) in [5.74, 6) is 1.91. The Hall–Kier alpha value is -0.570. The summed E-state index contributed by atoms with van der Waals surface area (Å²) in [5.41, 5.74) is 6.00. The van der Waals surface area contributed by atoms with E-state index in [-0.39, 0.29) is 5.41 Å². The van der Waals surface area contributed by atoms with Crippen LogP contribution < -0.4 is 5.73 Å². The number of hydrogen-bond donors (Lipinski definition) is 1. The van der Waals surface area contributed by atoms with Crippen LogP contribution >= 0.6 is 0 Å². The number of carbonyl (C=O) groups excluding carboxylic acids is 1. The van der Waals surface area contributed by atoms with Crippen molar-refractivity contribution in [3.05, 3.63) is 0 Å². The summed E-state index contributed by atoms with van der Waals surface area (Å²) in [6.45, 7) is 7.19. The summed E-state index contributed by atoms with van der Waals surface area (Å²) in [7, 11) is 0. The summed E-state index contributed by atoms with van der Waals surface area (Å²) >= 11 is 0. The molecule has 1 aliphatic carbocycles. The second kappa shape index (κ2) is 5.60. The third kappa shape index (κ3) is 2.87. The number of piperidine rings is 1. The van der Waals surface area contributed by atoms with Crippen LogP contribution in [0.2, 0.25) is 0 Å². The zero-order valence-electron chi connectivity index (χ0n) is 12.0. The van der Waals surface area contributed by atoms with Gasteiger partial charge >= 0.3 is 0 Å². The first kappa shape index (κ1) is 13.9. The van der Waals surface area contributed by atoms with Crippen molar-refractivity contribution in [2.75, 3.05) is 19.6 Å². The van der Waals surface area contributed by atoms with Crippen LogP contribution in [0.5, 0.6) is 0 Å². The molecule has 0 bridgehead atoms. The Morgan fingerprint density at radius 2 is 1.94 bits per heavy atom. The van der Waals surface area contributed by atoms with E-state index in [4.69, 9.17) is 5.73 Å². The lowest BCUT2D eigenvalue weighted by Crippen LogP contribution is -2.45. The first-order valence-corrected chi connectivity index (χ1v) is 7.54. The van der Waals surface area contributed by atoms with E-state index in [2.05, 4.69) is 18.7 Å². The monoisotopic (exact) mass is 252 g/mol. The Bertz CT molecular complexity index is 283. The largest absolute Gasteiger partial charge is 0.343 e. The molecule has 2 aliphatic rings. The highest BCUT2D eigenvalue weighted by molar-refractivity contribution is 5.77. The van der Waals surface area contributed by atoms with Gasteiger partial charge in [0.1, 0.15) is 0 Å². The SMILES string of the molecule is CC(C)C1CCN(C(=O)CC2(CN)CCC2)CC1. The number of likely N-dealkylation sites (tertiary alicyclic amines) is 1. The highest BCUT2D eigenvalue weighted by Crippen LogP contribution is 2.43. The third-order valence-electron chi connectivity index (χ3n) is 5.21. The van der Waals surface area contributed by atoms with E-state index in [1.54, 1.807) is 0 Å². The average molecular weight is 252 g/mol. The van der Waals surface area contributed by atoms with Gasteiger partial charge in [-0.1, -0.05) is 20.3 Å². The maximum Gasteiger partial charge on any atom is 0.223 e. The Kier molecular flexibility index (Phi) is 4.31. The van der Waals surface area contributed by atoms with E-state index in [1.807, 2.05) is 0 Å². The summed E-state index contributed by atoms with van der Waals surface area (Å²) in [4.78, 5) is 14.4. The van der Waals surface area contributed by atoms with Crippen LogP contribution in [0.25, 0.3) is 0 Å². The van der Waals surface area contributed by atoms with Crippen LogP contribution in [0, 0.1) is 17.3 Å². The van der Waals surface area contributed by atoms with Crippen molar-refractivity contribution in [2.24, 2.45) is 23.0 Å². The van der Waals surface area contributed by atoms with Crippen LogP contribution in [-0.4, -0.2) is 30.4 Å². The van der Waals surface area contributed by atoms with Gasteiger partial charge in [-0.3, -0.25) is 4.79 Å². The van der Waals surface area contributed by atoms with Gasteiger partial charge in [-0.25, -0.2) is 0 Å². The molecule has 3 heteroatoms. The van der Waals surface area contributed by atoms with E-state index < -0.39 is 0 Å². The second-order valence-corrected chi connectivity index (χ2v) is 6.70. The molecule has 1 saturated heterocycles. The van der Waals surface area contributed by atoms with E-state index in [0.29, 0.717) is 18.9 Å². The molecule has 3 nitrogen and oxygen atoms in total. The maximum absolute atomic E-state index is 12.3. The molecule has 2 fully saturated rings. The van der Waals surface area contributed by atoms with Crippen molar-refractivity contribution >= 4 is 5.91 Å². The van der Waals surface area contributed by atoms with Gasteiger partial charge in [-0.15, -0.1) is 0 Å². The normalized spacial score (nSPS) is 24.1. The predicted molar refractivity (Wildman–Crippen MR) is 74.1 cm³/mol. The lowest BCUT2D eigenvalue weighted by Gasteiger charge is -2.42. The van der Waals surface area contributed by atoms with Gasteiger partial charge in [-0.05, 0) is 49.5 Å². The summed E-state index contributed by atoms with van der Waals surface area (Å²) in [6.07, 6.45) is 6.60. The van der Waals surface area contributed by atoms with Crippen LogP contribution in [-0.2, 0) is 4.79 Å². The van der Waals surface area contributed by atoms with Crippen molar-refractivity contribution in [1.82, 2.24) is 4.90 Å². The van der Waals surface area contributed by atoms with Crippen molar-refractivity contribution in [1.29, 1.82) is 0 Å². The summed E-state index contributed by atoms with van der Waals surface area (Å²) in [5, 5.41) is 0. The van der Waals surface area contributed by atoms with E-state index in [9.17, 15) is 4.79 Å². The Balaban J connectivity index is 1.80. The first-order chi connectivity index (χ1) is 8.56. The number of rotatable bonds is 4. The van der Waals surface area contributed by atoms with Crippen LogP contribution in [0.1, 0.15) is 52.4 Å². The first-order valence-electron chi connectivity index (χ1n) is 7.54. The fourth-order valence-corrected chi connectivity index (χ4v) is 3.38. The van der Waals surface area contributed by atoms with Gasteiger partial charge in [0.25, 0.3) is 0 Å². The van der Waals surface area contributed by atoms with Crippen molar-refractivity contribution in [3.63, 3.8) is 0 Å². The predicted octanol–water partition coefficient (Wildman–Crippen LogP) is 2.40. The third-order valence-corrected chi connectivity index (χ3v) is 5.21. The van der Waals surface area contributed by atoms with E-state index in [0.717, 1.165) is 37.8 Å². The molecule has 0 spiro atoms. The Labute approximate surface area is 111 Å². The molecule has 0 atom stereocenters. The smallest absolute Gasteiger partial charge is 0.223 e. The average Bonchev–Trinajstić information content (AvgIpc) is 2.33. The zero-order valence-corrected chi connectivity index (χ0v) is 12.0. The molecular weight excluding hydrogens is 224 g/mol. The number of hydrogen-bond acceptors (Lipinski definition) is 2. The fourth-order valence-electron chi connectivity index (χ4n) is 3.38. The van der Waals surface area contributed by atoms with Crippen molar-refractivity contribution in [2.45, 2.75) is 52.4 Å². The van der Waals surface area contributed by atoms with Crippen LogP contribution in [0.3, 0.4) is 0 Å². The molecule has 104 valence electrons. The van der Waals surface area contributed by atoms with E-state index in [1.165, 1.54) is 19.3 Å². The second-order valence-electron chi connectivity index (χ2n) is 6.70. The van der Waals surface area contributed by atoms with Crippen LogP contribution in [0.4, 0.5) is 0 Å². The minimum absolute atomic E-state index is 0.159. The topological polar surface area (TPSA) is 46.3 Å². The molecule has 1 saturated carbocycles. The number of amides is 1. The van der Waals surface area contributed by atoms with Crippen molar-refractivity contribution < 1.29 is 4.79 Å². The highest BCUT2D eigenvalue weighted by atomic mass is 16.2. The van der Waals surface area contributed by atoms with Gasteiger partial charge in [0.15, 0.2) is 0 Å². The van der Waals surface area contributed by atoms with Gasteiger partial charge < -0.3 is 10.6 Å². The molecule has 1 heterocycles. The summed E-state index contributed by atoms with van der Waals surface area (Å²) in [6, 6.07) is 0. The van der Waals surface area contributed by atoms with Gasteiger partial charge in [0.05, 0.1) is 0 Å². The molecule has 1 amide bonds. The lowest BCUT2D eigenvalue weighted by atomic mass is 9.66. The van der Waals surface area contributed by atoms with Crippen molar-refractivity contribution in [3.8, 4) is 0 Å². The molecule has 0 aromatic rings. The minimum Gasteiger partial charge on any atom is -0.343 e. The van der Waals surface area contributed by atoms with Gasteiger partial charge in [0, 0.05) is 19.5 Å². The molecular formula is C15H28N2O. The molecule has 0 radical (unpaired) electrons. The van der Waals surface area contributed by atoms with Crippen LogP contribution in [0.15, 0.2) is 0 Å². The molecule has 0 aromatic heterocycles. The fraction of sp³-hybridized carbons (Fsp3) is 0.933. The maximum atomic E-state index is 12.3. The molecule has 0 unspecified atom stereocenters. The standard InChI is InChI=1S/C15H28N2O/c1-12(2)13-4-8-17(9-5-13)14(18)10-15(11-16)6-3-7-15/h12-13H,3-11,16H2,1-2H3. The zero-order chi connectivity index (χ0) is 13.2. The highest BCUT2D eigenvalue weighted by Gasteiger charge is 2.39. The summed E-state index contributed by atoms with van der Waals surface area (Å²) < 4.78 is 0. The quantitative estimate of drug-likeness (QED) is 0.835. The molecule has 2 rings (SSSR count). The molecule has 0 aromatic carbocycles. The number of carbonyl (C=O) groups is 1. The minimum atomic E-state index is 0.159. The number of nitrogens with zero attached hydrogens (tertiary/aromatic N) is 1. The number of nitrogens with two attached hydrogens (primary N) is 1. The Morgan fingerprint density at radius 3 is 2.33 bits per heavy atom. The van der Waals surface area contributed by atoms with E-state index >= 15 is 0 Å². The van der Waals surface area contributed by atoms with Gasteiger partial charge in [-0.2, -0.15) is 0 Å².